The van der Waals surface area contributed by atoms with E-state index in [0.717, 1.165) is 18.5 Å². The maximum Gasteiger partial charge on any atom is 0.317 e. The maximum absolute atomic E-state index is 12.0. The highest BCUT2D eigenvalue weighted by Crippen LogP contribution is 2.19. The third-order valence-corrected chi connectivity index (χ3v) is 4.54. The molecule has 1 fully saturated rings. The van der Waals surface area contributed by atoms with Crippen molar-refractivity contribution >= 4 is 17.8 Å². The molecule has 0 bridgehead atoms. The Morgan fingerprint density at radius 3 is 2.75 bits per heavy atom. The molecule has 20 heavy (non-hydrogen) atoms. The summed E-state index contributed by atoms with van der Waals surface area (Å²) >= 11 is 1.71. The van der Waals surface area contributed by atoms with E-state index < -0.39 is 0 Å². The quantitative estimate of drug-likeness (QED) is 0.838. The Labute approximate surface area is 124 Å². The van der Waals surface area contributed by atoms with Gasteiger partial charge in [0, 0.05) is 30.4 Å². The number of carbonyl (C=O) groups is 1. The summed E-state index contributed by atoms with van der Waals surface area (Å²) in [5, 5.41) is 12.5. The van der Waals surface area contributed by atoms with Gasteiger partial charge >= 0.3 is 6.03 Å². The van der Waals surface area contributed by atoms with Crippen LogP contribution in [0.3, 0.4) is 0 Å². The fourth-order valence-electron chi connectivity index (χ4n) is 2.40. The minimum atomic E-state index is -0.341. The van der Waals surface area contributed by atoms with Crippen LogP contribution in [0.4, 0.5) is 4.79 Å². The van der Waals surface area contributed by atoms with Crippen molar-refractivity contribution in [2.45, 2.75) is 30.9 Å². The molecule has 0 radical (unpaired) electrons. The molecule has 0 unspecified atom stereocenters. The first-order valence-electron chi connectivity index (χ1n) is 6.94. The van der Waals surface area contributed by atoms with Gasteiger partial charge < -0.3 is 15.3 Å². The zero-order chi connectivity index (χ0) is 14.5. The van der Waals surface area contributed by atoms with E-state index >= 15 is 0 Å². The zero-order valence-electron chi connectivity index (χ0n) is 12.0. The molecule has 1 aliphatic heterocycles. The average molecular weight is 294 g/mol. The molecular formula is C15H22N2O2S. The Morgan fingerprint density at radius 1 is 1.50 bits per heavy atom. The van der Waals surface area contributed by atoms with Gasteiger partial charge in [-0.25, -0.2) is 4.79 Å². The van der Waals surface area contributed by atoms with E-state index in [1.165, 1.54) is 4.90 Å². The van der Waals surface area contributed by atoms with Crippen LogP contribution in [0.1, 0.15) is 18.9 Å². The molecular weight excluding hydrogens is 272 g/mol. The summed E-state index contributed by atoms with van der Waals surface area (Å²) in [6.45, 7) is 3.71. The Morgan fingerprint density at radius 2 is 2.20 bits per heavy atom. The fourth-order valence-corrected chi connectivity index (χ4v) is 2.81. The molecule has 0 aromatic heterocycles. The number of carbonyl (C=O) groups excluding carboxylic acids is 1. The SMILES string of the molecule is CSc1ccc(CNC(=O)N2CC[C@H]([C@H](C)O)C2)cc1. The summed E-state index contributed by atoms with van der Waals surface area (Å²) in [6, 6.07) is 8.16. The summed E-state index contributed by atoms with van der Waals surface area (Å²) in [4.78, 5) is 15.0. The molecule has 1 heterocycles. The van der Waals surface area contributed by atoms with Crippen LogP contribution in [0.5, 0.6) is 0 Å². The summed E-state index contributed by atoms with van der Waals surface area (Å²) in [5.74, 6) is 0.210. The first kappa shape index (κ1) is 15.2. The molecule has 1 aliphatic rings. The largest absolute Gasteiger partial charge is 0.393 e. The van der Waals surface area contributed by atoms with Gasteiger partial charge in [0.15, 0.2) is 0 Å². The number of likely N-dealkylation sites (tertiary alicyclic amines) is 1. The minimum absolute atomic E-state index is 0.0397. The van der Waals surface area contributed by atoms with Crippen molar-refractivity contribution in [3.8, 4) is 0 Å². The number of amides is 2. The van der Waals surface area contributed by atoms with Crippen LogP contribution < -0.4 is 5.32 Å². The third-order valence-electron chi connectivity index (χ3n) is 3.80. The summed E-state index contributed by atoms with van der Waals surface area (Å²) in [6.07, 6.45) is 2.59. The molecule has 1 aromatic rings. The number of aliphatic hydroxyl groups is 1. The van der Waals surface area contributed by atoms with Gasteiger partial charge in [0.25, 0.3) is 0 Å². The lowest BCUT2D eigenvalue weighted by molar-refractivity contribution is 0.129. The number of hydrogen-bond donors (Lipinski definition) is 2. The van der Waals surface area contributed by atoms with Gasteiger partial charge in [-0.2, -0.15) is 0 Å². The Bertz CT molecular complexity index is 448. The second kappa shape index (κ2) is 6.99. The van der Waals surface area contributed by atoms with E-state index in [9.17, 15) is 9.90 Å². The molecule has 1 aromatic carbocycles. The topological polar surface area (TPSA) is 52.6 Å². The highest BCUT2D eigenvalue weighted by molar-refractivity contribution is 7.98. The molecule has 2 N–H and O–H groups in total. The van der Waals surface area contributed by atoms with Crippen molar-refractivity contribution in [2.75, 3.05) is 19.3 Å². The van der Waals surface area contributed by atoms with E-state index in [2.05, 4.69) is 17.4 Å². The molecule has 0 aliphatic carbocycles. The highest BCUT2D eigenvalue weighted by Gasteiger charge is 2.28. The predicted molar refractivity (Wildman–Crippen MR) is 81.8 cm³/mol. The van der Waals surface area contributed by atoms with E-state index in [1.54, 1.807) is 23.6 Å². The Balaban J connectivity index is 1.80. The van der Waals surface area contributed by atoms with Crippen molar-refractivity contribution in [3.05, 3.63) is 29.8 Å². The number of hydrogen-bond acceptors (Lipinski definition) is 3. The number of urea groups is 1. The Kier molecular flexibility index (Phi) is 5.31. The first-order chi connectivity index (χ1) is 9.60. The van der Waals surface area contributed by atoms with Crippen LogP contribution in [0.25, 0.3) is 0 Å². The van der Waals surface area contributed by atoms with Gasteiger partial charge in [0.2, 0.25) is 0 Å². The van der Waals surface area contributed by atoms with Crippen molar-refractivity contribution < 1.29 is 9.90 Å². The van der Waals surface area contributed by atoms with E-state index in [4.69, 9.17) is 0 Å². The lowest BCUT2D eigenvalue weighted by Gasteiger charge is -2.18. The van der Waals surface area contributed by atoms with Crippen molar-refractivity contribution in [2.24, 2.45) is 5.92 Å². The van der Waals surface area contributed by atoms with Gasteiger partial charge in [-0.15, -0.1) is 11.8 Å². The standard InChI is InChI=1S/C15H22N2O2S/c1-11(18)13-7-8-17(10-13)15(19)16-9-12-3-5-14(20-2)6-4-12/h3-6,11,13,18H,7-10H2,1-2H3,(H,16,19)/t11-,13-/m0/s1. The van der Waals surface area contributed by atoms with Crippen LogP contribution in [-0.4, -0.2) is 41.5 Å². The maximum atomic E-state index is 12.0. The van der Waals surface area contributed by atoms with E-state index in [-0.39, 0.29) is 18.1 Å². The minimum Gasteiger partial charge on any atom is -0.393 e. The van der Waals surface area contributed by atoms with Crippen LogP contribution in [-0.2, 0) is 6.54 Å². The van der Waals surface area contributed by atoms with Crippen molar-refractivity contribution in [3.63, 3.8) is 0 Å². The summed E-state index contributed by atoms with van der Waals surface area (Å²) < 4.78 is 0. The van der Waals surface area contributed by atoms with Gasteiger partial charge in [-0.05, 0) is 37.3 Å². The van der Waals surface area contributed by atoms with Gasteiger partial charge in [-0.1, -0.05) is 12.1 Å². The number of nitrogens with one attached hydrogen (secondary N) is 1. The number of nitrogens with zero attached hydrogens (tertiary/aromatic N) is 1. The van der Waals surface area contributed by atoms with E-state index in [0.29, 0.717) is 13.1 Å². The molecule has 5 heteroatoms. The first-order valence-corrected chi connectivity index (χ1v) is 8.16. The zero-order valence-corrected chi connectivity index (χ0v) is 12.8. The van der Waals surface area contributed by atoms with Crippen molar-refractivity contribution in [1.82, 2.24) is 10.2 Å². The summed E-state index contributed by atoms with van der Waals surface area (Å²) in [5.41, 5.74) is 1.10. The highest BCUT2D eigenvalue weighted by atomic mass is 32.2. The monoisotopic (exact) mass is 294 g/mol. The average Bonchev–Trinajstić information content (AvgIpc) is 2.95. The molecule has 2 rings (SSSR count). The second-order valence-electron chi connectivity index (χ2n) is 5.24. The number of aliphatic hydroxyl groups excluding tert-OH is 1. The van der Waals surface area contributed by atoms with Crippen LogP contribution in [0.15, 0.2) is 29.2 Å². The van der Waals surface area contributed by atoms with Crippen LogP contribution >= 0.6 is 11.8 Å². The van der Waals surface area contributed by atoms with E-state index in [1.807, 2.05) is 18.4 Å². The summed E-state index contributed by atoms with van der Waals surface area (Å²) in [7, 11) is 0. The number of thioether (sulfide) groups is 1. The van der Waals surface area contributed by atoms with Crippen LogP contribution in [0, 0.1) is 5.92 Å². The molecule has 110 valence electrons. The molecule has 4 nitrogen and oxygen atoms in total. The normalized spacial score (nSPS) is 19.9. The van der Waals surface area contributed by atoms with Gasteiger partial charge in [0.1, 0.15) is 0 Å². The van der Waals surface area contributed by atoms with Crippen LogP contribution in [0.2, 0.25) is 0 Å². The lowest BCUT2D eigenvalue weighted by Crippen LogP contribution is -2.38. The molecule has 1 saturated heterocycles. The second-order valence-corrected chi connectivity index (χ2v) is 6.12. The number of benzene rings is 1. The molecule has 0 spiro atoms. The van der Waals surface area contributed by atoms with Gasteiger partial charge in [0.05, 0.1) is 6.10 Å². The lowest BCUT2D eigenvalue weighted by atomic mass is 10.0. The fraction of sp³-hybridized carbons (Fsp3) is 0.533. The van der Waals surface area contributed by atoms with Gasteiger partial charge in [-0.3, -0.25) is 0 Å². The Hall–Kier alpha value is -1.20. The van der Waals surface area contributed by atoms with Crippen molar-refractivity contribution in [1.29, 1.82) is 0 Å². The predicted octanol–water partition coefficient (Wildman–Crippen LogP) is 2.32. The molecule has 2 atom stereocenters. The smallest absolute Gasteiger partial charge is 0.317 e. The third kappa shape index (κ3) is 3.90. The number of rotatable bonds is 4. The molecule has 2 amide bonds. The molecule has 0 saturated carbocycles.